The molecule has 1 aromatic heterocycles. The molecule has 3 aromatic rings. The highest BCUT2D eigenvalue weighted by molar-refractivity contribution is 5.86. The second kappa shape index (κ2) is 6.11. The van der Waals surface area contributed by atoms with Crippen LogP contribution in [0.1, 0.15) is 36.3 Å². The Bertz CT molecular complexity index is 882. The summed E-state index contributed by atoms with van der Waals surface area (Å²) < 4.78 is 13.7. The molecule has 1 aliphatic rings. The highest BCUT2D eigenvalue weighted by Crippen LogP contribution is 2.34. The van der Waals surface area contributed by atoms with Crippen molar-refractivity contribution in [1.82, 2.24) is 10.3 Å². The fourth-order valence-electron chi connectivity index (χ4n) is 3.21. The number of hydrogen-bond acceptors (Lipinski definition) is 1. The van der Waals surface area contributed by atoms with Crippen LogP contribution in [0.4, 0.5) is 4.39 Å². The number of carbonyl (C=O) groups excluding carboxylic acids is 1. The van der Waals surface area contributed by atoms with E-state index in [1.54, 1.807) is 6.07 Å². The molecule has 1 atom stereocenters. The number of rotatable bonds is 5. The Morgan fingerprint density at radius 2 is 2.04 bits per heavy atom. The Kier molecular flexibility index (Phi) is 3.81. The number of nitrogens with one attached hydrogen (secondary N) is 2. The van der Waals surface area contributed by atoms with Gasteiger partial charge in [-0.3, -0.25) is 4.79 Å². The molecule has 122 valence electrons. The van der Waals surface area contributed by atoms with Gasteiger partial charge in [-0.1, -0.05) is 30.3 Å². The number of para-hydroxylation sites is 1. The molecule has 24 heavy (non-hydrogen) atoms. The SMILES string of the molecule is O=C(C[C@H](c1cccc(F)c1)c1c[nH]c2ccccc12)NC1CC1. The van der Waals surface area contributed by atoms with Crippen LogP contribution in [0.2, 0.25) is 0 Å². The molecule has 3 nitrogen and oxygen atoms in total. The molecule has 0 spiro atoms. The third-order valence-corrected chi connectivity index (χ3v) is 4.58. The fraction of sp³-hybridized carbons (Fsp3) is 0.250. The molecule has 2 N–H and O–H groups in total. The monoisotopic (exact) mass is 322 g/mol. The molecule has 4 heteroatoms. The van der Waals surface area contributed by atoms with Crippen LogP contribution < -0.4 is 5.32 Å². The van der Waals surface area contributed by atoms with Gasteiger partial charge < -0.3 is 10.3 Å². The zero-order valence-corrected chi connectivity index (χ0v) is 13.3. The number of amides is 1. The van der Waals surface area contributed by atoms with Gasteiger partial charge in [0.05, 0.1) is 0 Å². The molecular weight excluding hydrogens is 303 g/mol. The predicted molar refractivity (Wildman–Crippen MR) is 92.3 cm³/mol. The summed E-state index contributed by atoms with van der Waals surface area (Å²) in [6.45, 7) is 0. The van der Waals surface area contributed by atoms with Crippen molar-refractivity contribution in [2.24, 2.45) is 0 Å². The number of carbonyl (C=O) groups is 1. The third-order valence-electron chi connectivity index (χ3n) is 4.58. The van der Waals surface area contributed by atoms with Crippen LogP contribution in [-0.2, 0) is 4.79 Å². The number of halogens is 1. The van der Waals surface area contributed by atoms with E-state index in [2.05, 4.69) is 10.3 Å². The topological polar surface area (TPSA) is 44.9 Å². The van der Waals surface area contributed by atoms with Gasteiger partial charge in [0, 0.05) is 35.5 Å². The van der Waals surface area contributed by atoms with Gasteiger partial charge in [-0.2, -0.15) is 0 Å². The first-order valence-electron chi connectivity index (χ1n) is 8.31. The lowest BCUT2D eigenvalue weighted by atomic mass is 9.88. The highest BCUT2D eigenvalue weighted by atomic mass is 19.1. The van der Waals surface area contributed by atoms with Crippen molar-refractivity contribution < 1.29 is 9.18 Å². The summed E-state index contributed by atoms with van der Waals surface area (Å²) >= 11 is 0. The smallest absolute Gasteiger partial charge is 0.221 e. The van der Waals surface area contributed by atoms with Gasteiger partial charge >= 0.3 is 0 Å². The zero-order valence-electron chi connectivity index (χ0n) is 13.3. The van der Waals surface area contributed by atoms with Gasteiger partial charge in [-0.05, 0) is 42.2 Å². The first kappa shape index (κ1) is 14.9. The molecule has 2 aromatic carbocycles. The Morgan fingerprint density at radius 3 is 2.83 bits per heavy atom. The van der Waals surface area contributed by atoms with Gasteiger partial charge in [0.2, 0.25) is 5.91 Å². The van der Waals surface area contributed by atoms with Crippen molar-refractivity contribution in [1.29, 1.82) is 0 Å². The predicted octanol–water partition coefficient (Wildman–Crippen LogP) is 4.11. The summed E-state index contributed by atoms with van der Waals surface area (Å²) in [4.78, 5) is 15.6. The van der Waals surface area contributed by atoms with Crippen LogP contribution in [0.25, 0.3) is 10.9 Å². The van der Waals surface area contributed by atoms with Gasteiger partial charge in [0.25, 0.3) is 0 Å². The number of aromatic amines is 1. The fourth-order valence-corrected chi connectivity index (χ4v) is 3.21. The number of benzene rings is 2. The molecule has 0 aliphatic heterocycles. The number of H-pyrrole nitrogens is 1. The van der Waals surface area contributed by atoms with E-state index < -0.39 is 0 Å². The molecule has 1 heterocycles. The lowest BCUT2D eigenvalue weighted by molar-refractivity contribution is -0.121. The Labute approximate surface area is 139 Å². The molecule has 1 saturated carbocycles. The standard InChI is InChI=1S/C20H19FN2O/c21-14-5-3-4-13(10-14)17(11-20(24)23-15-8-9-15)18-12-22-19-7-2-1-6-16(18)19/h1-7,10,12,15,17,22H,8-9,11H2,(H,23,24)/t17-/m1/s1. The van der Waals surface area contributed by atoms with E-state index >= 15 is 0 Å². The summed E-state index contributed by atoms with van der Waals surface area (Å²) in [5, 5.41) is 4.11. The normalized spacial score (nSPS) is 15.4. The quantitative estimate of drug-likeness (QED) is 0.729. The highest BCUT2D eigenvalue weighted by Gasteiger charge is 2.26. The second-order valence-electron chi connectivity index (χ2n) is 6.44. The van der Waals surface area contributed by atoms with E-state index in [1.165, 1.54) is 12.1 Å². The minimum atomic E-state index is -0.278. The Hall–Kier alpha value is -2.62. The summed E-state index contributed by atoms with van der Waals surface area (Å²) in [6.07, 6.45) is 4.37. The van der Waals surface area contributed by atoms with Crippen LogP contribution in [0, 0.1) is 5.82 Å². The van der Waals surface area contributed by atoms with Gasteiger partial charge in [0.1, 0.15) is 5.82 Å². The molecule has 0 saturated heterocycles. The van der Waals surface area contributed by atoms with E-state index in [-0.39, 0.29) is 17.6 Å². The summed E-state index contributed by atoms with van der Waals surface area (Å²) in [5.74, 6) is -0.424. The maximum Gasteiger partial charge on any atom is 0.221 e. The molecule has 1 aliphatic carbocycles. The molecule has 0 unspecified atom stereocenters. The first-order valence-corrected chi connectivity index (χ1v) is 8.31. The lowest BCUT2D eigenvalue weighted by Gasteiger charge is -2.17. The van der Waals surface area contributed by atoms with Crippen LogP contribution in [0.3, 0.4) is 0 Å². The summed E-state index contributed by atoms with van der Waals surface area (Å²) in [6, 6.07) is 14.9. The number of hydrogen-bond donors (Lipinski definition) is 2. The minimum absolute atomic E-state index is 0.0250. The molecule has 1 fully saturated rings. The third kappa shape index (κ3) is 3.04. The molecule has 1 amide bonds. The second-order valence-corrected chi connectivity index (χ2v) is 6.44. The van der Waals surface area contributed by atoms with Crippen LogP contribution >= 0.6 is 0 Å². The van der Waals surface area contributed by atoms with Gasteiger partial charge in [0.15, 0.2) is 0 Å². The van der Waals surface area contributed by atoms with E-state index in [1.807, 2.05) is 36.5 Å². The molecule has 0 radical (unpaired) electrons. The largest absolute Gasteiger partial charge is 0.361 e. The maximum atomic E-state index is 13.7. The summed E-state index contributed by atoms with van der Waals surface area (Å²) in [5.41, 5.74) is 2.88. The van der Waals surface area contributed by atoms with Crippen molar-refractivity contribution in [3.8, 4) is 0 Å². The van der Waals surface area contributed by atoms with Gasteiger partial charge in [-0.15, -0.1) is 0 Å². The number of aromatic nitrogens is 1. The van der Waals surface area contributed by atoms with Crippen LogP contribution in [0.5, 0.6) is 0 Å². The average molecular weight is 322 g/mol. The van der Waals surface area contributed by atoms with E-state index in [9.17, 15) is 9.18 Å². The van der Waals surface area contributed by atoms with E-state index in [4.69, 9.17) is 0 Å². The maximum absolute atomic E-state index is 13.7. The molecular formula is C20H19FN2O. The Balaban J connectivity index is 1.72. The van der Waals surface area contributed by atoms with Crippen molar-refractivity contribution in [2.75, 3.05) is 0 Å². The summed E-state index contributed by atoms with van der Waals surface area (Å²) in [7, 11) is 0. The van der Waals surface area contributed by atoms with E-state index in [0.29, 0.717) is 12.5 Å². The average Bonchev–Trinajstić information content (AvgIpc) is 3.29. The van der Waals surface area contributed by atoms with Crippen molar-refractivity contribution in [3.63, 3.8) is 0 Å². The van der Waals surface area contributed by atoms with Crippen LogP contribution in [0.15, 0.2) is 54.7 Å². The number of fused-ring (bicyclic) bond motifs is 1. The molecule has 4 rings (SSSR count). The Morgan fingerprint density at radius 1 is 1.21 bits per heavy atom. The van der Waals surface area contributed by atoms with Crippen molar-refractivity contribution >= 4 is 16.8 Å². The van der Waals surface area contributed by atoms with E-state index in [0.717, 1.165) is 34.9 Å². The van der Waals surface area contributed by atoms with Crippen LogP contribution in [-0.4, -0.2) is 16.9 Å². The van der Waals surface area contributed by atoms with Crippen molar-refractivity contribution in [2.45, 2.75) is 31.2 Å². The van der Waals surface area contributed by atoms with Crippen molar-refractivity contribution in [3.05, 3.63) is 71.7 Å². The first-order chi connectivity index (χ1) is 11.7. The minimum Gasteiger partial charge on any atom is -0.361 e. The molecule has 0 bridgehead atoms. The lowest BCUT2D eigenvalue weighted by Crippen LogP contribution is -2.27. The van der Waals surface area contributed by atoms with Gasteiger partial charge in [-0.25, -0.2) is 4.39 Å². The zero-order chi connectivity index (χ0) is 16.5.